The molecule has 104 valence electrons. The number of carboxylic acid groups (broad SMARTS) is 1. The van der Waals surface area contributed by atoms with Crippen LogP contribution in [0.4, 0.5) is 5.69 Å². The topological polar surface area (TPSA) is 49.3 Å². The maximum atomic E-state index is 11.1. The van der Waals surface area contributed by atoms with Crippen LogP contribution in [-0.4, -0.2) is 16.6 Å². The lowest BCUT2D eigenvalue weighted by atomic mass is 10.2. The molecule has 0 amide bonds. The van der Waals surface area contributed by atoms with Gasteiger partial charge in [-0.05, 0) is 24.6 Å². The van der Waals surface area contributed by atoms with E-state index in [0.29, 0.717) is 5.69 Å². The van der Waals surface area contributed by atoms with Gasteiger partial charge in [0.1, 0.15) is 0 Å². The first-order valence-corrected chi connectivity index (χ1v) is 7.44. The van der Waals surface area contributed by atoms with Gasteiger partial charge in [0.15, 0.2) is 0 Å². The maximum absolute atomic E-state index is 11.1. The zero-order valence-electron chi connectivity index (χ0n) is 11.2. The van der Waals surface area contributed by atoms with Gasteiger partial charge in [-0.15, -0.1) is 0 Å². The average molecular weight is 287 g/mol. The minimum absolute atomic E-state index is 0.286. The quantitative estimate of drug-likeness (QED) is 0.582. The van der Waals surface area contributed by atoms with Gasteiger partial charge in [-0.3, -0.25) is 0 Å². The Morgan fingerprint density at radius 3 is 2.60 bits per heavy atom. The molecule has 0 fully saturated rings. The van der Waals surface area contributed by atoms with Crippen molar-refractivity contribution in [3.05, 3.63) is 65.2 Å². The molecule has 0 atom stereocenters. The average Bonchev–Trinajstić information content (AvgIpc) is 2.46. The fourth-order valence-electron chi connectivity index (χ4n) is 1.76. The summed E-state index contributed by atoms with van der Waals surface area (Å²) in [5, 5.41) is 12.1. The van der Waals surface area contributed by atoms with Crippen LogP contribution in [0.3, 0.4) is 0 Å². The smallest absolute Gasteiger partial charge is 0.337 e. The fraction of sp³-hybridized carbons (Fsp3) is 0.125. The van der Waals surface area contributed by atoms with Crippen molar-refractivity contribution < 1.29 is 9.90 Å². The third kappa shape index (κ3) is 3.96. The molecule has 0 heterocycles. The van der Waals surface area contributed by atoms with Crippen LogP contribution in [0.1, 0.15) is 21.5 Å². The van der Waals surface area contributed by atoms with E-state index in [2.05, 4.69) is 36.5 Å². The van der Waals surface area contributed by atoms with Gasteiger partial charge in [0.05, 0.1) is 11.3 Å². The van der Waals surface area contributed by atoms with Crippen molar-refractivity contribution >= 4 is 28.5 Å². The van der Waals surface area contributed by atoms with E-state index in [4.69, 9.17) is 5.11 Å². The van der Waals surface area contributed by atoms with Crippen molar-refractivity contribution in [1.82, 2.24) is 0 Å². The number of carboxylic acids is 1. The molecule has 4 heteroatoms. The molecule has 2 N–H and O–H groups in total. The normalized spacial score (nSPS) is 11.1. The van der Waals surface area contributed by atoms with Crippen LogP contribution < -0.4 is 5.32 Å². The van der Waals surface area contributed by atoms with E-state index in [-0.39, 0.29) is 5.56 Å². The SMILES string of the molecule is Cc1ccc(C[SH]=CNc2ccccc2C(=O)O)cc1. The molecule has 0 saturated carbocycles. The molecule has 0 aromatic heterocycles. The zero-order valence-corrected chi connectivity index (χ0v) is 12.1. The van der Waals surface area contributed by atoms with Crippen LogP contribution >= 0.6 is 11.4 Å². The van der Waals surface area contributed by atoms with Gasteiger partial charge in [0, 0.05) is 11.2 Å². The number of hydrogen-bond acceptors (Lipinski definition) is 1. The Hall–Kier alpha value is -2.07. The molecule has 2 aromatic rings. The van der Waals surface area contributed by atoms with Gasteiger partial charge in [0.25, 0.3) is 0 Å². The lowest BCUT2D eigenvalue weighted by Gasteiger charge is -2.05. The van der Waals surface area contributed by atoms with Crippen LogP contribution in [0, 0.1) is 6.92 Å². The van der Waals surface area contributed by atoms with E-state index >= 15 is 0 Å². The van der Waals surface area contributed by atoms with E-state index in [1.165, 1.54) is 11.1 Å². The molecular formula is C16H17NO2S. The molecule has 20 heavy (non-hydrogen) atoms. The lowest BCUT2D eigenvalue weighted by Crippen LogP contribution is -2.03. The predicted octanol–water partition coefficient (Wildman–Crippen LogP) is 3.53. The Kier molecular flexibility index (Phi) is 4.96. The molecule has 0 saturated heterocycles. The van der Waals surface area contributed by atoms with E-state index < -0.39 is 5.97 Å². The summed E-state index contributed by atoms with van der Waals surface area (Å²) < 4.78 is 0. The zero-order chi connectivity index (χ0) is 14.4. The number of anilines is 1. The largest absolute Gasteiger partial charge is 0.478 e. The highest BCUT2D eigenvalue weighted by atomic mass is 32.1. The summed E-state index contributed by atoms with van der Waals surface area (Å²) in [6, 6.07) is 15.3. The van der Waals surface area contributed by atoms with Crippen molar-refractivity contribution in [3.63, 3.8) is 0 Å². The van der Waals surface area contributed by atoms with E-state index in [1.807, 2.05) is 11.6 Å². The molecule has 0 unspecified atom stereocenters. The Morgan fingerprint density at radius 1 is 1.20 bits per heavy atom. The molecule has 2 rings (SSSR count). The van der Waals surface area contributed by atoms with Crippen LogP contribution in [0.2, 0.25) is 0 Å². The Morgan fingerprint density at radius 2 is 1.90 bits per heavy atom. The van der Waals surface area contributed by atoms with Crippen molar-refractivity contribution in [2.75, 3.05) is 5.32 Å². The molecule has 0 aliphatic carbocycles. The van der Waals surface area contributed by atoms with Crippen LogP contribution in [-0.2, 0) is 5.75 Å². The summed E-state index contributed by atoms with van der Waals surface area (Å²) in [5.41, 5.74) is 5.30. The Balaban J connectivity index is 1.97. The lowest BCUT2D eigenvalue weighted by molar-refractivity contribution is 0.0698. The first kappa shape index (κ1) is 14.3. The van der Waals surface area contributed by atoms with Crippen molar-refractivity contribution in [2.45, 2.75) is 12.7 Å². The van der Waals surface area contributed by atoms with Crippen LogP contribution in [0.15, 0.2) is 48.5 Å². The summed E-state index contributed by atoms with van der Waals surface area (Å²) in [7, 11) is 0. The van der Waals surface area contributed by atoms with Gasteiger partial charge < -0.3 is 10.4 Å². The van der Waals surface area contributed by atoms with Crippen LogP contribution in [0.25, 0.3) is 0 Å². The van der Waals surface area contributed by atoms with Gasteiger partial charge in [-0.25, -0.2) is 4.79 Å². The van der Waals surface area contributed by atoms with Crippen LogP contribution in [0.5, 0.6) is 0 Å². The fourth-order valence-corrected chi connectivity index (χ4v) is 2.50. The number of aryl methyl sites for hydroxylation is 1. The maximum Gasteiger partial charge on any atom is 0.337 e. The number of hydrogen-bond donors (Lipinski definition) is 3. The summed E-state index contributed by atoms with van der Waals surface area (Å²) in [6.07, 6.45) is 0. The van der Waals surface area contributed by atoms with Crippen molar-refractivity contribution in [3.8, 4) is 0 Å². The standard InChI is InChI=1S/C16H17NO2S/c1-12-6-8-13(9-7-12)10-20-11-17-15-5-3-2-4-14(15)16(18)19/h2-9,11,17,20H,10H2,1H3,(H,18,19). The van der Waals surface area contributed by atoms with Gasteiger partial charge in [-0.2, -0.15) is 11.4 Å². The monoisotopic (exact) mass is 287 g/mol. The second-order valence-electron chi connectivity index (χ2n) is 4.45. The number of carbonyl (C=O) groups is 1. The minimum atomic E-state index is -0.920. The Labute approximate surface area is 122 Å². The molecular weight excluding hydrogens is 270 g/mol. The highest BCUT2D eigenvalue weighted by Gasteiger charge is 2.06. The molecule has 2 aromatic carbocycles. The summed E-state index contributed by atoms with van der Waals surface area (Å²) in [6.45, 7) is 2.07. The van der Waals surface area contributed by atoms with E-state index in [9.17, 15) is 4.79 Å². The van der Waals surface area contributed by atoms with E-state index in [1.54, 1.807) is 18.2 Å². The molecule has 0 bridgehead atoms. The minimum Gasteiger partial charge on any atom is -0.478 e. The number of aromatic carboxylic acids is 1. The molecule has 0 aliphatic rings. The molecule has 0 spiro atoms. The predicted molar refractivity (Wildman–Crippen MR) is 87.0 cm³/mol. The summed E-state index contributed by atoms with van der Waals surface area (Å²) in [5.74, 6) is -0.0144. The van der Waals surface area contributed by atoms with Gasteiger partial charge >= 0.3 is 5.97 Å². The first-order valence-electron chi connectivity index (χ1n) is 6.29. The van der Waals surface area contributed by atoms with Gasteiger partial charge in [-0.1, -0.05) is 42.0 Å². The molecule has 3 nitrogen and oxygen atoms in total. The number of thiol groups is 1. The van der Waals surface area contributed by atoms with Crippen molar-refractivity contribution in [1.29, 1.82) is 0 Å². The summed E-state index contributed by atoms with van der Waals surface area (Å²) >= 11 is 1.10. The third-order valence-electron chi connectivity index (χ3n) is 2.86. The highest BCUT2D eigenvalue weighted by molar-refractivity contribution is 7.96. The second-order valence-corrected chi connectivity index (χ2v) is 5.39. The van der Waals surface area contributed by atoms with E-state index in [0.717, 1.165) is 17.1 Å². The molecule has 0 radical (unpaired) electrons. The van der Waals surface area contributed by atoms with Crippen molar-refractivity contribution in [2.24, 2.45) is 0 Å². The number of para-hydroxylation sites is 1. The highest BCUT2D eigenvalue weighted by Crippen LogP contribution is 2.14. The summed E-state index contributed by atoms with van der Waals surface area (Å²) in [4.78, 5) is 11.1. The number of nitrogens with one attached hydrogen (secondary N) is 1. The Bertz CT molecular complexity index is 621. The van der Waals surface area contributed by atoms with Gasteiger partial charge in [0.2, 0.25) is 0 Å². The third-order valence-corrected chi connectivity index (χ3v) is 3.72. The number of rotatable bonds is 5. The molecule has 0 aliphatic heterocycles. The first-order chi connectivity index (χ1) is 9.66. The number of benzene rings is 2. The second kappa shape index (κ2) is 6.91.